The van der Waals surface area contributed by atoms with E-state index in [1.807, 2.05) is 48.3 Å². The monoisotopic (exact) mass is 885 g/mol. The number of carbonyl (C=O) groups excluding carboxylic acids is 3. The maximum absolute atomic E-state index is 15.6. The first-order chi connectivity index (χ1) is 30.4. The summed E-state index contributed by atoms with van der Waals surface area (Å²) in [5.74, 6) is 0.294. The number of anilines is 5. The lowest BCUT2D eigenvalue weighted by atomic mass is 9.94. The van der Waals surface area contributed by atoms with Crippen molar-refractivity contribution in [2.75, 3.05) is 80.4 Å². The summed E-state index contributed by atoms with van der Waals surface area (Å²) in [6, 6.07) is 9.95. The van der Waals surface area contributed by atoms with Gasteiger partial charge in [0.05, 0.1) is 46.0 Å². The van der Waals surface area contributed by atoms with Crippen molar-refractivity contribution < 1.29 is 27.7 Å². The van der Waals surface area contributed by atoms with Crippen LogP contribution in [0.5, 0.6) is 5.75 Å². The molecule has 7 rings (SSSR count). The third-order valence-electron chi connectivity index (χ3n) is 11.8. The Kier molecular flexibility index (Phi) is 14.3. The van der Waals surface area contributed by atoms with Gasteiger partial charge in [-0.05, 0) is 76.3 Å². The van der Waals surface area contributed by atoms with Crippen LogP contribution in [0.1, 0.15) is 46.5 Å². The van der Waals surface area contributed by atoms with E-state index in [0.29, 0.717) is 47.4 Å². The van der Waals surface area contributed by atoms with Gasteiger partial charge in [-0.3, -0.25) is 19.6 Å². The van der Waals surface area contributed by atoms with E-state index >= 15 is 4.39 Å². The lowest BCUT2D eigenvalue weighted by molar-refractivity contribution is -0.120. The molecule has 3 aromatic heterocycles. The quantitative estimate of drug-likeness (QED) is 0.106. The largest absolute Gasteiger partial charge is 0.485 e. The SMILES string of the molecule is CNC(=O)CCC(C=O)N(C)c1cccc(N2CCC(CN3CCN(S(=O)c4ccc(Nc5nc6c(OC(C)C)c(-c7cn[nH]c7)ncn6n5)c(F)c4)CC3C)CC2)c1N(C)C=O. The zero-order valence-electron chi connectivity index (χ0n) is 36.5. The van der Waals surface area contributed by atoms with E-state index in [1.54, 1.807) is 43.5 Å². The number of piperidine rings is 1. The number of aldehydes is 1. The molecule has 3 N–H and O–H groups in total. The molecule has 3 atom stereocenters. The van der Waals surface area contributed by atoms with Gasteiger partial charge in [0.2, 0.25) is 23.9 Å². The Morgan fingerprint density at radius 1 is 1.13 bits per heavy atom. The molecule has 0 aliphatic carbocycles. The topological polar surface area (TPSA) is 190 Å². The third-order valence-corrected chi connectivity index (χ3v) is 13.2. The minimum Gasteiger partial charge on any atom is -0.485 e. The van der Waals surface area contributed by atoms with E-state index in [1.165, 1.54) is 16.9 Å². The second-order valence-electron chi connectivity index (χ2n) is 16.3. The van der Waals surface area contributed by atoms with Crippen LogP contribution in [0, 0.1) is 11.7 Å². The number of likely N-dealkylation sites (N-methyl/N-ethyl adjacent to an activating group) is 1. The highest BCUT2D eigenvalue weighted by Gasteiger charge is 2.32. The fourth-order valence-electron chi connectivity index (χ4n) is 8.27. The van der Waals surface area contributed by atoms with Gasteiger partial charge in [0.15, 0.2) is 5.75 Å². The van der Waals surface area contributed by atoms with Crippen LogP contribution in [0.4, 0.5) is 33.1 Å². The fraction of sp³-hybridized carbons (Fsp3) is 0.465. The molecule has 336 valence electrons. The van der Waals surface area contributed by atoms with Crippen molar-refractivity contribution in [2.45, 2.75) is 69.5 Å². The zero-order chi connectivity index (χ0) is 44.8. The maximum Gasteiger partial charge on any atom is 0.247 e. The fourth-order valence-corrected chi connectivity index (χ4v) is 9.56. The highest BCUT2D eigenvalue weighted by Crippen LogP contribution is 2.40. The van der Waals surface area contributed by atoms with Crippen molar-refractivity contribution in [3.05, 3.63) is 60.9 Å². The Balaban J connectivity index is 0.944. The highest BCUT2D eigenvalue weighted by molar-refractivity contribution is 7.82. The maximum atomic E-state index is 15.6. The summed E-state index contributed by atoms with van der Waals surface area (Å²) in [5.41, 5.74) is 4.19. The summed E-state index contributed by atoms with van der Waals surface area (Å²) < 4.78 is 38.9. The number of piperazine rings is 1. The molecule has 0 bridgehead atoms. The lowest BCUT2D eigenvalue weighted by Crippen LogP contribution is -2.53. The number of amides is 2. The zero-order valence-corrected chi connectivity index (χ0v) is 37.3. The molecule has 2 saturated heterocycles. The lowest BCUT2D eigenvalue weighted by Gasteiger charge is -2.43. The minimum atomic E-state index is -1.57. The Morgan fingerprint density at radius 3 is 2.59 bits per heavy atom. The molecule has 18 nitrogen and oxygen atoms in total. The Bertz CT molecular complexity index is 2410. The molecule has 0 saturated carbocycles. The summed E-state index contributed by atoms with van der Waals surface area (Å²) in [4.78, 5) is 53.8. The van der Waals surface area contributed by atoms with E-state index in [-0.39, 0.29) is 36.1 Å². The average molecular weight is 886 g/mol. The Morgan fingerprint density at radius 2 is 1.92 bits per heavy atom. The van der Waals surface area contributed by atoms with Gasteiger partial charge < -0.3 is 34.9 Å². The Labute approximate surface area is 368 Å². The second kappa shape index (κ2) is 20.0. The van der Waals surface area contributed by atoms with Crippen molar-refractivity contribution in [2.24, 2.45) is 5.92 Å². The summed E-state index contributed by atoms with van der Waals surface area (Å²) >= 11 is 0. The number of aromatic nitrogens is 6. The number of carbonyl (C=O) groups is 3. The molecule has 2 aliphatic rings. The van der Waals surface area contributed by atoms with Crippen molar-refractivity contribution >= 4 is 63.9 Å². The van der Waals surface area contributed by atoms with E-state index in [9.17, 15) is 18.6 Å². The number of rotatable bonds is 18. The van der Waals surface area contributed by atoms with Crippen molar-refractivity contribution in [1.29, 1.82) is 0 Å². The predicted molar refractivity (Wildman–Crippen MR) is 240 cm³/mol. The van der Waals surface area contributed by atoms with Gasteiger partial charge in [-0.1, -0.05) is 6.07 Å². The van der Waals surface area contributed by atoms with Crippen molar-refractivity contribution in [1.82, 2.24) is 44.3 Å². The molecular weight excluding hydrogens is 830 g/mol. The van der Waals surface area contributed by atoms with Crippen LogP contribution in [0.15, 0.2) is 60.0 Å². The van der Waals surface area contributed by atoms with Gasteiger partial charge in [0.25, 0.3) is 0 Å². The van der Waals surface area contributed by atoms with Crippen LogP contribution in [0.25, 0.3) is 16.9 Å². The van der Waals surface area contributed by atoms with E-state index in [0.717, 1.165) is 74.3 Å². The van der Waals surface area contributed by atoms with Crippen LogP contribution in [-0.4, -0.2) is 140 Å². The number of nitrogens with one attached hydrogen (secondary N) is 3. The third kappa shape index (κ3) is 10.1. The second-order valence-corrected chi connectivity index (χ2v) is 17.8. The molecule has 63 heavy (non-hydrogen) atoms. The standard InChI is InChI=1S/C43H56FN13O5S/c1-28(2)62-41-39(31-21-47-48-22-31)46-26-57-42(41)50-43(51-57)49-35-12-11-33(20-34(35)44)63(61)56-19-18-55(29(3)23-56)24-30-14-16-54(17-15-30)37-9-7-8-36(40(37)52(5)27-59)53(6)32(25-58)10-13-38(60)45-4/h7-9,11-12,20-22,25-30,32H,10,13-19,23-24H2,1-6H3,(H,45,60)(H,47,48)(H,49,51). The molecule has 2 amide bonds. The molecule has 20 heteroatoms. The number of aromatic amines is 1. The van der Waals surface area contributed by atoms with Gasteiger partial charge in [0, 0.05) is 84.6 Å². The smallest absolute Gasteiger partial charge is 0.247 e. The number of para-hydroxylation sites is 1. The number of benzene rings is 2. The van der Waals surface area contributed by atoms with Crippen LogP contribution in [-0.2, 0) is 25.4 Å². The summed E-state index contributed by atoms with van der Waals surface area (Å²) in [6.07, 6.45) is 8.77. The first-order valence-corrected chi connectivity index (χ1v) is 22.3. The van der Waals surface area contributed by atoms with Crippen LogP contribution in [0.2, 0.25) is 0 Å². The average Bonchev–Trinajstić information content (AvgIpc) is 3.98. The van der Waals surface area contributed by atoms with E-state index in [2.05, 4.69) is 52.6 Å². The number of hydrogen-bond donors (Lipinski definition) is 3. The first-order valence-electron chi connectivity index (χ1n) is 21.2. The summed E-state index contributed by atoms with van der Waals surface area (Å²) in [5, 5.41) is 16.8. The molecule has 2 aliphatic heterocycles. The molecule has 2 fully saturated rings. The number of hydrogen-bond acceptors (Lipinski definition) is 13. The normalized spacial score (nSPS) is 17.4. The summed E-state index contributed by atoms with van der Waals surface area (Å²) in [6.45, 7) is 10.3. The van der Waals surface area contributed by atoms with E-state index < -0.39 is 22.8 Å². The van der Waals surface area contributed by atoms with Crippen LogP contribution >= 0.6 is 0 Å². The minimum absolute atomic E-state index is 0.134. The van der Waals surface area contributed by atoms with E-state index in [4.69, 9.17) is 4.74 Å². The number of nitrogens with zero attached hydrogens (tertiary/aromatic N) is 10. The van der Waals surface area contributed by atoms with Gasteiger partial charge in [0.1, 0.15) is 35.1 Å². The number of fused-ring (bicyclic) bond motifs is 1. The van der Waals surface area contributed by atoms with Crippen LogP contribution < -0.4 is 30.1 Å². The molecule has 2 aromatic carbocycles. The first kappa shape index (κ1) is 45.0. The molecule has 0 radical (unpaired) electrons. The van der Waals surface area contributed by atoms with Crippen LogP contribution in [0.3, 0.4) is 0 Å². The van der Waals surface area contributed by atoms with Gasteiger partial charge in [-0.2, -0.15) is 14.6 Å². The predicted octanol–water partition coefficient (Wildman–Crippen LogP) is 4.25. The van der Waals surface area contributed by atoms with Crippen molar-refractivity contribution in [3.8, 4) is 17.0 Å². The van der Waals surface area contributed by atoms with Crippen molar-refractivity contribution in [3.63, 3.8) is 0 Å². The number of H-pyrrole nitrogens is 1. The molecule has 5 aromatic rings. The molecule has 5 heterocycles. The number of ether oxygens (including phenoxy) is 1. The Hall–Kier alpha value is -5.99. The van der Waals surface area contributed by atoms with Gasteiger partial charge >= 0.3 is 0 Å². The number of halogens is 1. The highest BCUT2D eigenvalue weighted by atomic mass is 32.2. The molecule has 0 spiro atoms. The van der Waals surface area contributed by atoms with Gasteiger partial charge in [-0.25, -0.2) is 17.9 Å². The summed E-state index contributed by atoms with van der Waals surface area (Å²) in [7, 11) is 3.54. The van der Waals surface area contributed by atoms with Gasteiger partial charge in [-0.15, -0.1) is 5.10 Å². The molecule has 3 unspecified atom stereocenters. The molecular formula is C43H56FN13O5S.